The Morgan fingerprint density at radius 3 is 2.08 bits per heavy atom. The maximum atomic E-state index is 11.1. The number of hydrogen-bond donors (Lipinski definition) is 1. The number of nitrogens with zero attached hydrogens (tertiary/aromatic N) is 3. The molecular formula is C15H14N4O5. The van der Waals surface area contributed by atoms with Gasteiger partial charge < -0.3 is 4.74 Å². The summed E-state index contributed by atoms with van der Waals surface area (Å²) in [6.07, 6.45) is 1.40. The van der Waals surface area contributed by atoms with E-state index in [1.54, 1.807) is 38.3 Å². The maximum Gasteiger partial charge on any atom is 0.301 e. The smallest absolute Gasteiger partial charge is 0.301 e. The highest BCUT2D eigenvalue weighted by Gasteiger charge is 2.25. The molecule has 2 aromatic carbocycles. The summed E-state index contributed by atoms with van der Waals surface area (Å²) in [5, 5.41) is 26.1. The fourth-order valence-electron chi connectivity index (χ4n) is 2.01. The van der Waals surface area contributed by atoms with E-state index in [9.17, 15) is 20.2 Å². The molecule has 1 N–H and O–H groups in total. The number of rotatable bonds is 6. The molecule has 9 heteroatoms. The highest BCUT2D eigenvalue weighted by molar-refractivity contribution is 5.82. The Morgan fingerprint density at radius 2 is 1.62 bits per heavy atom. The first-order valence-electron chi connectivity index (χ1n) is 6.79. The Labute approximate surface area is 136 Å². The molecule has 0 heterocycles. The number of hydrazone groups is 1. The van der Waals surface area contributed by atoms with Gasteiger partial charge in [0, 0.05) is 12.1 Å². The van der Waals surface area contributed by atoms with Gasteiger partial charge in [-0.3, -0.25) is 25.7 Å². The third-order valence-electron chi connectivity index (χ3n) is 3.14. The van der Waals surface area contributed by atoms with Gasteiger partial charge in [-0.1, -0.05) is 0 Å². The normalized spacial score (nSPS) is 10.6. The molecular weight excluding hydrogens is 316 g/mol. The standard InChI is InChI=1S/C15H14N4O5/c1-10-7-13(18(20)21)15(14(8-10)19(22)23)17-16-9-11-3-5-12(24-2)6-4-11/h3-9,17H,1-2H3/b16-9+. The zero-order valence-electron chi connectivity index (χ0n) is 12.9. The van der Waals surface area contributed by atoms with Crippen LogP contribution < -0.4 is 10.2 Å². The second kappa shape index (κ2) is 7.18. The number of methoxy groups -OCH3 is 1. The molecule has 24 heavy (non-hydrogen) atoms. The summed E-state index contributed by atoms with van der Waals surface area (Å²) in [6.45, 7) is 1.55. The molecule has 0 atom stereocenters. The van der Waals surface area contributed by atoms with Gasteiger partial charge in [-0.2, -0.15) is 5.10 Å². The number of ether oxygens (including phenoxy) is 1. The number of benzene rings is 2. The van der Waals surface area contributed by atoms with Crippen LogP contribution in [0.15, 0.2) is 41.5 Å². The van der Waals surface area contributed by atoms with Gasteiger partial charge in [0.2, 0.25) is 5.69 Å². The molecule has 2 rings (SSSR count). The minimum Gasteiger partial charge on any atom is -0.497 e. The molecule has 9 nitrogen and oxygen atoms in total. The molecule has 0 aliphatic heterocycles. The summed E-state index contributed by atoms with van der Waals surface area (Å²) in [4.78, 5) is 20.9. The topological polar surface area (TPSA) is 120 Å². The van der Waals surface area contributed by atoms with E-state index >= 15 is 0 Å². The summed E-state index contributed by atoms with van der Waals surface area (Å²) >= 11 is 0. The van der Waals surface area contributed by atoms with Crippen molar-refractivity contribution in [1.82, 2.24) is 0 Å². The lowest BCUT2D eigenvalue weighted by Crippen LogP contribution is -2.02. The van der Waals surface area contributed by atoms with Crippen LogP contribution in [0.3, 0.4) is 0 Å². The molecule has 0 unspecified atom stereocenters. The van der Waals surface area contributed by atoms with Gasteiger partial charge in [0.1, 0.15) is 5.75 Å². The zero-order valence-corrected chi connectivity index (χ0v) is 12.9. The Bertz CT molecular complexity index is 767. The molecule has 0 fully saturated rings. The van der Waals surface area contributed by atoms with Crippen molar-refractivity contribution in [1.29, 1.82) is 0 Å². The lowest BCUT2D eigenvalue weighted by atomic mass is 10.1. The summed E-state index contributed by atoms with van der Waals surface area (Å²) < 4.78 is 5.03. The monoisotopic (exact) mass is 330 g/mol. The van der Waals surface area contributed by atoms with Crippen LogP contribution in [0.5, 0.6) is 5.75 Å². The molecule has 0 spiro atoms. The van der Waals surface area contributed by atoms with E-state index < -0.39 is 21.2 Å². The number of hydrogen-bond acceptors (Lipinski definition) is 7. The van der Waals surface area contributed by atoms with Crippen LogP contribution in [0.1, 0.15) is 11.1 Å². The molecule has 0 saturated carbocycles. The van der Waals surface area contributed by atoms with Crippen molar-refractivity contribution >= 4 is 23.3 Å². The van der Waals surface area contributed by atoms with E-state index in [1.807, 2.05) is 0 Å². The average Bonchev–Trinajstić information content (AvgIpc) is 2.55. The third-order valence-corrected chi connectivity index (χ3v) is 3.14. The lowest BCUT2D eigenvalue weighted by Gasteiger charge is -2.05. The van der Waals surface area contributed by atoms with Gasteiger partial charge in [-0.05, 0) is 42.3 Å². The Hall–Kier alpha value is -3.49. The molecule has 0 aromatic heterocycles. The maximum absolute atomic E-state index is 11.1. The Morgan fingerprint density at radius 1 is 1.08 bits per heavy atom. The molecule has 124 valence electrons. The number of nitro benzene ring substituents is 2. The van der Waals surface area contributed by atoms with Gasteiger partial charge in [0.05, 0.1) is 23.2 Å². The zero-order chi connectivity index (χ0) is 17.7. The minimum absolute atomic E-state index is 0.264. The first-order valence-corrected chi connectivity index (χ1v) is 6.79. The Kier molecular flexibility index (Phi) is 5.05. The average molecular weight is 330 g/mol. The quantitative estimate of drug-likeness (QED) is 0.493. The fraction of sp³-hybridized carbons (Fsp3) is 0.133. The molecule has 0 saturated heterocycles. The molecule has 0 aliphatic rings. The molecule has 0 bridgehead atoms. The first kappa shape index (κ1) is 16.9. The SMILES string of the molecule is COc1ccc(/C=N/Nc2c([N+](=O)[O-])cc(C)cc2[N+](=O)[O-])cc1. The van der Waals surface area contributed by atoms with Gasteiger partial charge in [-0.15, -0.1) is 0 Å². The van der Waals surface area contributed by atoms with E-state index in [0.29, 0.717) is 16.9 Å². The molecule has 0 amide bonds. The van der Waals surface area contributed by atoms with Crippen molar-refractivity contribution < 1.29 is 14.6 Å². The highest BCUT2D eigenvalue weighted by Crippen LogP contribution is 2.35. The van der Waals surface area contributed by atoms with Crippen molar-refractivity contribution in [3.63, 3.8) is 0 Å². The Balaban J connectivity index is 2.32. The van der Waals surface area contributed by atoms with Crippen molar-refractivity contribution in [2.24, 2.45) is 5.10 Å². The summed E-state index contributed by atoms with van der Waals surface area (Å²) in [5.41, 5.74) is 2.43. The van der Waals surface area contributed by atoms with Crippen LogP contribution in [0, 0.1) is 27.2 Å². The number of anilines is 1. The van der Waals surface area contributed by atoms with Crippen molar-refractivity contribution in [2.75, 3.05) is 12.5 Å². The van der Waals surface area contributed by atoms with Gasteiger partial charge in [0.25, 0.3) is 0 Å². The number of nitro groups is 2. The minimum atomic E-state index is -0.689. The van der Waals surface area contributed by atoms with Crippen LogP contribution in [0.2, 0.25) is 0 Å². The fourth-order valence-corrected chi connectivity index (χ4v) is 2.01. The van der Waals surface area contributed by atoms with Crippen LogP contribution >= 0.6 is 0 Å². The van der Waals surface area contributed by atoms with E-state index in [2.05, 4.69) is 10.5 Å². The van der Waals surface area contributed by atoms with Gasteiger partial charge in [-0.25, -0.2) is 0 Å². The summed E-state index contributed by atoms with van der Waals surface area (Å²) in [7, 11) is 1.54. The van der Waals surface area contributed by atoms with Crippen molar-refractivity contribution in [3.05, 3.63) is 67.8 Å². The molecule has 0 aliphatic carbocycles. The van der Waals surface area contributed by atoms with Gasteiger partial charge >= 0.3 is 11.4 Å². The van der Waals surface area contributed by atoms with Crippen molar-refractivity contribution in [3.8, 4) is 5.75 Å². The highest BCUT2D eigenvalue weighted by atomic mass is 16.6. The second-order valence-corrected chi connectivity index (χ2v) is 4.84. The van der Waals surface area contributed by atoms with Gasteiger partial charge in [0.15, 0.2) is 0 Å². The lowest BCUT2D eigenvalue weighted by molar-refractivity contribution is -0.392. The number of nitrogens with one attached hydrogen (secondary N) is 1. The van der Waals surface area contributed by atoms with Crippen LogP contribution in [0.25, 0.3) is 0 Å². The summed E-state index contributed by atoms with van der Waals surface area (Å²) in [6, 6.07) is 9.39. The first-order chi connectivity index (χ1) is 11.4. The van der Waals surface area contributed by atoms with E-state index in [1.165, 1.54) is 18.3 Å². The predicted octanol–water partition coefficient (Wildman–Crippen LogP) is 3.27. The van der Waals surface area contributed by atoms with Crippen LogP contribution in [-0.4, -0.2) is 23.2 Å². The molecule has 0 radical (unpaired) electrons. The summed E-state index contributed by atoms with van der Waals surface area (Å²) in [5.74, 6) is 0.671. The van der Waals surface area contributed by atoms with E-state index in [4.69, 9.17) is 4.74 Å². The second-order valence-electron chi connectivity index (χ2n) is 4.84. The number of aryl methyl sites for hydroxylation is 1. The van der Waals surface area contributed by atoms with E-state index in [-0.39, 0.29) is 5.69 Å². The largest absolute Gasteiger partial charge is 0.497 e. The third kappa shape index (κ3) is 3.83. The van der Waals surface area contributed by atoms with Crippen LogP contribution in [0.4, 0.5) is 17.1 Å². The van der Waals surface area contributed by atoms with Crippen LogP contribution in [-0.2, 0) is 0 Å². The van der Waals surface area contributed by atoms with Crippen molar-refractivity contribution in [2.45, 2.75) is 6.92 Å². The molecule has 2 aromatic rings. The van der Waals surface area contributed by atoms with E-state index in [0.717, 1.165) is 0 Å². The predicted molar refractivity (Wildman–Crippen MR) is 88.7 cm³/mol.